The van der Waals surface area contributed by atoms with E-state index in [0.717, 1.165) is 28.4 Å². The highest BCUT2D eigenvalue weighted by Gasteiger charge is 2.18. The highest BCUT2D eigenvalue weighted by molar-refractivity contribution is 5.92. The van der Waals surface area contributed by atoms with Gasteiger partial charge in [0, 0.05) is 30.4 Å². The molecule has 1 heterocycles. The predicted octanol–water partition coefficient (Wildman–Crippen LogP) is 4.15. The van der Waals surface area contributed by atoms with Crippen LogP contribution in [0.15, 0.2) is 42.5 Å². The number of fused-ring (bicyclic) bond motifs is 1. The Morgan fingerprint density at radius 1 is 1.08 bits per heavy atom. The van der Waals surface area contributed by atoms with Crippen molar-refractivity contribution in [2.75, 3.05) is 24.0 Å². The maximum atomic E-state index is 12.3. The lowest BCUT2D eigenvalue weighted by molar-refractivity contribution is -0.115. The number of rotatable bonds is 5. The highest BCUT2D eigenvalue weighted by atomic mass is 16.7. The van der Waals surface area contributed by atoms with Gasteiger partial charge in [-0.15, -0.1) is 0 Å². The van der Waals surface area contributed by atoms with Gasteiger partial charge in [-0.25, -0.2) is 0 Å². The summed E-state index contributed by atoms with van der Waals surface area (Å²) in [5.74, 6) is 1.47. The van der Waals surface area contributed by atoms with E-state index in [1.54, 1.807) is 0 Å². The second-order valence-electron chi connectivity index (χ2n) is 7.09. The maximum absolute atomic E-state index is 12.3. The summed E-state index contributed by atoms with van der Waals surface area (Å²) in [7, 11) is 0. The molecule has 0 aliphatic carbocycles. The van der Waals surface area contributed by atoms with E-state index in [1.807, 2.05) is 36.4 Å². The quantitative estimate of drug-likeness (QED) is 0.858. The molecule has 3 rings (SSSR count). The Kier molecular flexibility index (Phi) is 4.83. The summed E-state index contributed by atoms with van der Waals surface area (Å²) >= 11 is 0. The monoisotopic (exact) mass is 340 g/mol. The van der Waals surface area contributed by atoms with Gasteiger partial charge in [-0.3, -0.25) is 4.79 Å². The van der Waals surface area contributed by atoms with Crippen molar-refractivity contribution in [2.24, 2.45) is 0 Å². The molecular formula is C20H24N2O3. The number of carbonyl (C=O) groups is 1. The normalized spacial score (nSPS) is 12.8. The molecule has 2 aromatic rings. The van der Waals surface area contributed by atoms with Crippen molar-refractivity contribution in [3.05, 3.63) is 48.0 Å². The summed E-state index contributed by atoms with van der Waals surface area (Å²) in [6.07, 6.45) is 0.382. The predicted molar refractivity (Wildman–Crippen MR) is 99.4 cm³/mol. The van der Waals surface area contributed by atoms with Gasteiger partial charge in [-0.1, -0.05) is 39.0 Å². The number of hydrogen-bond acceptors (Lipinski definition) is 4. The summed E-state index contributed by atoms with van der Waals surface area (Å²) in [6.45, 7) is 7.22. The zero-order valence-electron chi connectivity index (χ0n) is 14.9. The van der Waals surface area contributed by atoms with Crippen LogP contribution in [0.1, 0.15) is 32.8 Å². The van der Waals surface area contributed by atoms with Crippen molar-refractivity contribution in [2.45, 2.75) is 32.6 Å². The van der Waals surface area contributed by atoms with Crippen molar-refractivity contribution in [3.63, 3.8) is 0 Å². The van der Waals surface area contributed by atoms with Crippen LogP contribution in [0.4, 0.5) is 11.4 Å². The second-order valence-corrected chi connectivity index (χ2v) is 7.09. The first-order chi connectivity index (χ1) is 11.9. The van der Waals surface area contributed by atoms with E-state index in [4.69, 9.17) is 9.47 Å². The number of amides is 1. The Morgan fingerprint density at radius 3 is 2.64 bits per heavy atom. The van der Waals surface area contributed by atoms with E-state index < -0.39 is 0 Å². The standard InChI is InChI=1S/C20H24N2O3/c1-20(2,3)15-6-4-5-7-16(15)22-19(23)10-11-21-14-8-9-17-18(12-14)25-13-24-17/h4-9,12,21H,10-11,13H2,1-3H3,(H,22,23). The molecule has 1 aliphatic heterocycles. The fourth-order valence-electron chi connectivity index (χ4n) is 2.79. The van der Waals surface area contributed by atoms with E-state index in [-0.39, 0.29) is 18.1 Å². The lowest BCUT2D eigenvalue weighted by atomic mass is 9.86. The molecule has 25 heavy (non-hydrogen) atoms. The molecular weight excluding hydrogens is 316 g/mol. The molecule has 0 spiro atoms. The third kappa shape index (κ3) is 4.24. The minimum Gasteiger partial charge on any atom is -0.454 e. The summed E-state index contributed by atoms with van der Waals surface area (Å²) in [6, 6.07) is 13.6. The molecule has 0 unspecified atom stereocenters. The number of hydrogen-bond donors (Lipinski definition) is 2. The van der Waals surface area contributed by atoms with Crippen LogP contribution < -0.4 is 20.1 Å². The van der Waals surface area contributed by atoms with Gasteiger partial charge in [-0.05, 0) is 29.2 Å². The minimum atomic E-state index is -0.0192. The summed E-state index contributed by atoms with van der Waals surface area (Å²) in [5, 5.41) is 6.26. The number of benzene rings is 2. The molecule has 1 aliphatic rings. The molecule has 5 heteroatoms. The van der Waals surface area contributed by atoms with Gasteiger partial charge in [0.15, 0.2) is 11.5 Å². The molecule has 0 aromatic heterocycles. The van der Waals surface area contributed by atoms with E-state index in [0.29, 0.717) is 13.0 Å². The lowest BCUT2D eigenvalue weighted by Gasteiger charge is -2.23. The average Bonchev–Trinajstić information content (AvgIpc) is 3.02. The molecule has 0 fully saturated rings. The largest absolute Gasteiger partial charge is 0.454 e. The van der Waals surface area contributed by atoms with Gasteiger partial charge in [0.05, 0.1) is 0 Å². The number of para-hydroxylation sites is 1. The first kappa shape index (κ1) is 17.1. The smallest absolute Gasteiger partial charge is 0.231 e. The Morgan fingerprint density at radius 2 is 1.84 bits per heavy atom. The van der Waals surface area contributed by atoms with Crippen LogP contribution in [0.2, 0.25) is 0 Å². The topological polar surface area (TPSA) is 59.6 Å². The average molecular weight is 340 g/mol. The third-order valence-corrected chi connectivity index (χ3v) is 4.06. The Balaban J connectivity index is 1.54. The van der Waals surface area contributed by atoms with Crippen LogP contribution in [0.5, 0.6) is 11.5 Å². The fraction of sp³-hybridized carbons (Fsp3) is 0.350. The van der Waals surface area contributed by atoms with Crippen LogP contribution >= 0.6 is 0 Å². The SMILES string of the molecule is CC(C)(C)c1ccccc1NC(=O)CCNc1ccc2c(c1)OCO2. The summed E-state index contributed by atoms with van der Waals surface area (Å²) in [5.41, 5.74) is 2.90. The second kappa shape index (κ2) is 7.05. The molecule has 0 bridgehead atoms. The molecule has 2 aromatic carbocycles. The maximum Gasteiger partial charge on any atom is 0.231 e. The molecule has 2 N–H and O–H groups in total. The first-order valence-corrected chi connectivity index (χ1v) is 8.46. The van der Waals surface area contributed by atoms with Crippen LogP contribution in [0.3, 0.4) is 0 Å². The van der Waals surface area contributed by atoms with E-state index in [1.165, 1.54) is 0 Å². The van der Waals surface area contributed by atoms with Crippen LogP contribution in [-0.2, 0) is 10.2 Å². The molecule has 0 radical (unpaired) electrons. The summed E-state index contributed by atoms with van der Waals surface area (Å²) in [4.78, 5) is 12.3. The van der Waals surface area contributed by atoms with E-state index in [2.05, 4.69) is 37.5 Å². The molecule has 132 valence electrons. The fourth-order valence-corrected chi connectivity index (χ4v) is 2.79. The Labute approximate surface area is 148 Å². The van der Waals surface area contributed by atoms with Crippen LogP contribution in [-0.4, -0.2) is 19.2 Å². The van der Waals surface area contributed by atoms with E-state index >= 15 is 0 Å². The third-order valence-electron chi connectivity index (χ3n) is 4.06. The van der Waals surface area contributed by atoms with Crippen molar-refractivity contribution in [1.29, 1.82) is 0 Å². The minimum absolute atomic E-state index is 0.00931. The Hall–Kier alpha value is -2.69. The van der Waals surface area contributed by atoms with Gasteiger partial charge in [-0.2, -0.15) is 0 Å². The zero-order chi connectivity index (χ0) is 17.9. The van der Waals surface area contributed by atoms with E-state index in [9.17, 15) is 4.79 Å². The van der Waals surface area contributed by atoms with Crippen LogP contribution in [0.25, 0.3) is 0 Å². The zero-order valence-corrected chi connectivity index (χ0v) is 14.9. The van der Waals surface area contributed by atoms with Crippen molar-refractivity contribution < 1.29 is 14.3 Å². The summed E-state index contributed by atoms with van der Waals surface area (Å²) < 4.78 is 10.6. The van der Waals surface area contributed by atoms with Gasteiger partial charge < -0.3 is 20.1 Å². The lowest BCUT2D eigenvalue weighted by Crippen LogP contribution is -2.20. The number of ether oxygens (including phenoxy) is 2. The van der Waals surface area contributed by atoms with Crippen molar-refractivity contribution in [3.8, 4) is 11.5 Å². The van der Waals surface area contributed by atoms with Gasteiger partial charge in [0.2, 0.25) is 12.7 Å². The highest BCUT2D eigenvalue weighted by Crippen LogP contribution is 2.34. The molecule has 1 amide bonds. The molecule has 0 atom stereocenters. The number of carbonyl (C=O) groups excluding carboxylic acids is 1. The number of anilines is 2. The van der Waals surface area contributed by atoms with Gasteiger partial charge in [0.25, 0.3) is 0 Å². The molecule has 0 saturated heterocycles. The van der Waals surface area contributed by atoms with Crippen molar-refractivity contribution in [1.82, 2.24) is 0 Å². The van der Waals surface area contributed by atoms with Crippen LogP contribution in [0, 0.1) is 0 Å². The molecule has 5 nitrogen and oxygen atoms in total. The first-order valence-electron chi connectivity index (χ1n) is 8.46. The molecule has 0 saturated carbocycles. The Bertz CT molecular complexity index is 766. The van der Waals surface area contributed by atoms with Gasteiger partial charge >= 0.3 is 0 Å². The van der Waals surface area contributed by atoms with Crippen molar-refractivity contribution >= 4 is 17.3 Å². The number of nitrogens with one attached hydrogen (secondary N) is 2. The van der Waals surface area contributed by atoms with Gasteiger partial charge in [0.1, 0.15) is 0 Å².